The number of aliphatic hydroxyl groups is 1. The van der Waals surface area contributed by atoms with Crippen molar-refractivity contribution in [3.63, 3.8) is 0 Å². The molecule has 3 rings (SSSR count). The molecule has 1 aromatic carbocycles. The fourth-order valence-corrected chi connectivity index (χ4v) is 3.61. The van der Waals surface area contributed by atoms with Crippen LogP contribution in [0.2, 0.25) is 0 Å². The van der Waals surface area contributed by atoms with Crippen molar-refractivity contribution in [1.29, 1.82) is 0 Å². The number of hydrogen-bond donors (Lipinski definition) is 2. The van der Waals surface area contributed by atoms with Gasteiger partial charge in [0.1, 0.15) is 11.6 Å². The van der Waals surface area contributed by atoms with E-state index >= 15 is 0 Å². The third-order valence-corrected chi connectivity index (χ3v) is 4.81. The minimum absolute atomic E-state index is 0.231. The summed E-state index contributed by atoms with van der Waals surface area (Å²) in [5.74, 6) is 1.87. The van der Waals surface area contributed by atoms with Crippen molar-refractivity contribution in [2.24, 2.45) is 0 Å². The number of aliphatic hydroxyl groups excluding tert-OH is 1. The zero-order valence-electron chi connectivity index (χ0n) is 14.1. The molecule has 0 amide bonds. The molecule has 126 valence electrons. The molecule has 2 heterocycles. The number of aromatic amines is 1. The molecule has 1 aliphatic heterocycles. The Hall–Kier alpha value is -1.59. The zero-order valence-corrected chi connectivity index (χ0v) is 14.1. The van der Waals surface area contributed by atoms with Gasteiger partial charge >= 0.3 is 0 Å². The van der Waals surface area contributed by atoms with Crippen LogP contribution in [0.15, 0.2) is 18.2 Å². The Balaban J connectivity index is 1.83. The average molecular weight is 317 g/mol. The highest BCUT2D eigenvalue weighted by Crippen LogP contribution is 2.30. The quantitative estimate of drug-likeness (QED) is 0.858. The summed E-state index contributed by atoms with van der Waals surface area (Å²) in [6.45, 7) is 6.19. The molecule has 0 spiro atoms. The van der Waals surface area contributed by atoms with Crippen LogP contribution >= 0.6 is 0 Å². The Morgan fingerprint density at radius 2 is 2.30 bits per heavy atom. The largest absolute Gasteiger partial charge is 0.494 e. The number of H-pyrrole nitrogens is 1. The zero-order chi connectivity index (χ0) is 16.2. The highest BCUT2D eigenvalue weighted by Gasteiger charge is 2.28. The van der Waals surface area contributed by atoms with E-state index in [4.69, 9.17) is 9.72 Å². The van der Waals surface area contributed by atoms with E-state index in [2.05, 4.69) is 16.8 Å². The molecule has 0 radical (unpaired) electrons. The molecule has 0 aliphatic carbocycles. The number of rotatable bonds is 6. The maximum absolute atomic E-state index is 9.32. The molecule has 2 aromatic rings. The van der Waals surface area contributed by atoms with Crippen LogP contribution in [0.1, 0.15) is 51.4 Å². The SMILES string of the molecule is CCOc1ccc2nc(C(C)N3CCCCC3CCO)[nH]c2c1. The smallest absolute Gasteiger partial charge is 0.124 e. The van der Waals surface area contributed by atoms with E-state index in [-0.39, 0.29) is 12.6 Å². The maximum Gasteiger partial charge on any atom is 0.124 e. The van der Waals surface area contributed by atoms with Crippen LogP contribution in [-0.2, 0) is 0 Å². The van der Waals surface area contributed by atoms with E-state index in [1.165, 1.54) is 19.3 Å². The highest BCUT2D eigenvalue weighted by molar-refractivity contribution is 5.76. The molecule has 2 atom stereocenters. The number of nitrogens with zero attached hydrogens (tertiary/aromatic N) is 2. The van der Waals surface area contributed by atoms with Crippen LogP contribution in [0.3, 0.4) is 0 Å². The fraction of sp³-hybridized carbons (Fsp3) is 0.611. The van der Waals surface area contributed by atoms with Gasteiger partial charge in [0.05, 0.1) is 23.7 Å². The summed E-state index contributed by atoms with van der Waals surface area (Å²) < 4.78 is 5.56. The molecule has 1 saturated heterocycles. The van der Waals surface area contributed by atoms with Crippen LogP contribution in [0, 0.1) is 0 Å². The number of ether oxygens (including phenoxy) is 1. The Morgan fingerprint density at radius 1 is 1.43 bits per heavy atom. The maximum atomic E-state index is 9.32. The van der Waals surface area contributed by atoms with Gasteiger partial charge < -0.3 is 14.8 Å². The number of piperidine rings is 1. The number of fused-ring (bicyclic) bond motifs is 1. The molecule has 5 nitrogen and oxygen atoms in total. The molecule has 1 fully saturated rings. The predicted octanol–water partition coefficient (Wildman–Crippen LogP) is 3.26. The van der Waals surface area contributed by atoms with E-state index in [1.807, 2.05) is 25.1 Å². The lowest BCUT2D eigenvalue weighted by atomic mass is 9.97. The van der Waals surface area contributed by atoms with Gasteiger partial charge in [-0.2, -0.15) is 0 Å². The lowest BCUT2D eigenvalue weighted by molar-refractivity contribution is 0.0794. The van der Waals surface area contributed by atoms with Crippen LogP contribution in [0.25, 0.3) is 11.0 Å². The van der Waals surface area contributed by atoms with Gasteiger partial charge in [0.25, 0.3) is 0 Å². The minimum atomic E-state index is 0.231. The van der Waals surface area contributed by atoms with E-state index in [1.54, 1.807) is 0 Å². The van der Waals surface area contributed by atoms with Crippen molar-refractivity contribution >= 4 is 11.0 Å². The monoisotopic (exact) mass is 317 g/mol. The second kappa shape index (κ2) is 7.32. The molecule has 2 unspecified atom stereocenters. The second-order valence-electron chi connectivity index (χ2n) is 6.31. The van der Waals surface area contributed by atoms with Gasteiger partial charge in [0, 0.05) is 18.7 Å². The molecule has 1 aliphatic rings. The van der Waals surface area contributed by atoms with E-state index in [0.29, 0.717) is 12.6 Å². The number of benzene rings is 1. The Morgan fingerprint density at radius 3 is 3.09 bits per heavy atom. The van der Waals surface area contributed by atoms with E-state index < -0.39 is 0 Å². The van der Waals surface area contributed by atoms with Crippen molar-refractivity contribution < 1.29 is 9.84 Å². The molecule has 5 heteroatoms. The van der Waals surface area contributed by atoms with E-state index in [9.17, 15) is 5.11 Å². The van der Waals surface area contributed by atoms with Crippen molar-refractivity contribution in [2.45, 2.75) is 51.6 Å². The lowest BCUT2D eigenvalue weighted by Gasteiger charge is -2.39. The fourth-order valence-electron chi connectivity index (χ4n) is 3.61. The summed E-state index contributed by atoms with van der Waals surface area (Å²) in [6, 6.07) is 6.68. The molecule has 23 heavy (non-hydrogen) atoms. The number of imidazole rings is 1. The molecule has 0 saturated carbocycles. The number of aromatic nitrogens is 2. The van der Waals surface area contributed by atoms with E-state index in [0.717, 1.165) is 35.6 Å². The van der Waals surface area contributed by atoms with Crippen LogP contribution < -0.4 is 4.74 Å². The second-order valence-corrected chi connectivity index (χ2v) is 6.31. The molecule has 0 bridgehead atoms. The Kier molecular flexibility index (Phi) is 5.18. The topological polar surface area (TPSA) is 61.4 Å². The summed E-state index contributed by atoms with van der Waals surface area (Å²) in [4.78, 5) is 10.7. The van der Waals surface area contributed by atoms with Gasteiger partial charge in [-0.05, 0) is 51.8 Å². The number of hydrogen-bond acceptors (Lipinski definition) is 4. The molecule has 2 N–H and O–H groups in total. The molecule has 1 aromatic heterocycles. The first-order valence-electron chi connectivity index (χ1n) is 8.72. The van der Waals surface area contributed by atoms with Gasteiger partial charge in [-0.25, -0.2) is 4.98 Å². The highest BCUT2D eigenvalue weighted by atomic mass is 16.5. The first-order chi connectivity index (χ1) is 11.2. The molecular formula is C18H27N3O2. The van der Waals surface area contributed by atoms with Crippen molar-refractivity contribution in [2.75, 3.05) is 19.8 Å². The van der Waals surface area contributed by atoms with Crippen molar-refractivity contribution in [3.8, 4) is 5.75 Å². The first-order valence-corrected chi connectivity index (χ1v) is 8.72. The average Bonchev–Trinajstić information content (AvgIpc) is 2.99. The van der Waals surface area contributed by atoms with Gasteiger partial charge in [-0.1, -0.05) is 6.42 Å². The van der Waals surface area contributed by atoms with Crippen LogP contribution in [0.4, 0.5) is 0 Å². The number of nitrogens with one attached hydrogen (secondary N) is 1. The van der Waals surface area contributed by atoms with Gasteiger partial charge in [-0.15, -0.1) is 0 Å². The van der Waals surface area contributed by atoms with Crippen molar-refractivity contribution in [3.05, 3.63) is 24.0 Å². The van der Waals surface area contributed by atoms with Crippen LogP contribution in [0.5, 0.6) is 5.75 Å². The minimum Gasteiger partial charge on any atom is -0.494 e. The van der Waals surface area contributed by atoms with Gasteiger partial charge in [-0.3, -0.25) is 4.90 Å². The van der Waals surface area contributed by atoms with Crippen LogP contribution in [-0.4, -0.2) is 45.8 Å². The summed E-state index contributed by atoms with van der Waals surface area (Å²) in [5.41, 5.74) is 2.00. The van der Waals surface area contributed by atoms with Gasteiger partial charge in [0.15, 0.2) is 0 Å². The lowest BCUT2D eigenvalue weighted by Crippen LogP contribution is -2.41. The van der Waals surface area contributed by atoms with Gasteiger partial charge in [0.2, 0.25) is 0 Å². The third kappa shape index (κ3) is 3.51. The summed E-state index contributed by atoms with van der Waals surface area (Å²) in [7, 11) is 0. The normalized spacial score (nSPS) is 20.7. The van der Waals surface area contributed by atoms with Crippen molar-refractivity contribution in [1.82, 2.24) is 14.9 Å². The Bertz CT molecular complexity index is 638. The summed E-state index contributed by atoms with van der Waals surface area (Å²) in [5, 5.41) is 9.32. The standard InChI is InChI=1S/C18H27N3O2/c1-3-23-15-7-8-16-17(12-15)20-18(19-16)13(2)21-10-5-4-6-14(21)9-11-22/h7-8,12-14,22H,3-6,9-11H2,1-2H3,(H,19,20). The molecular weight excluding hydrogens is 290 g/mol. The number of likely N-dealkylation sites (tertiary alicyclic amines) is 1. The summed E-state index contributed by atoms with van der Waals surface area (Å²) in [6.07, 6.45) is 4.49. The first kappa shape index (κ1) is 16.3. The third-order valence-electron chi connectivity index (χ3n) is 4.81. The Labute approximate surface area is 137 Å². The predicted molar refractivity (Wildman–Crippen MR) is 91.7 cm³/mol. The summed E-state index contributed by atoms with van der Waals surface area (Å²) >= 11 is 0.